The number of hydrogen-bond acceptors (Lipinski definition) is 7. The second-order valence-electron chi connectivity index (χ2n) is 7.78. The van der Waals surface area contributed by atoms with Crippen molar-refractivity contribution in [1.82, 2.24) is 20.4 Å². The number of fused-ring (bicyclic) bond motifs is 1. The van der Waals surface area contributed by atoms with E-state index in [-0.39, 0.29) is 17.4 Å². The van der Waals surface area contributed by atoms with Crippen LogP contribution in [0.3, 0.4) is 0 Å². The molecule has 0 saturated heterocycles. The number of hydrogen-bond donors (Lipinski definition) is 3. The van der Waals surface area contributed by atoms with Crippen LogP contribution in [0.5, 0.6) is 0 Å². The molecule has 0 saturated carbocycles. The highest BCUT2D eigenvalue weighted by molar-refractivity contribution is 6.07. The Morgan fingerprint density at radius 3 is 2.69 bits per heavy atom. The van der Waals surface area contributed by atoms with Crippen molar-refractivity contribution in [3.63, 3.8) is 0 Å². The third-order valence-corrected chi connectivity index (χ3v) is 5.41. The number of pyridine rings is 2. The van der Waals surface area contributed by atoms with Crippen molar-refractivity contribution in [3.8, 4) is 11.1 Å². The fourth-order valence-electron chi connectivity index (χ4n) is 3.79. The van der Waals surface area contributed by atoms with Gasteiger partial charge in [-0.05, 0) is 30.7 Å². The summed E-state index contributed by atoms with van der Waals surface area (Å²) in [6.45, 7) is 2.27. The summed E-state index contributed by atoms with van der Waals surface area (Å²) in [6, 6.07) is 8.65. The molecule has 3 aromatic rings. The number of amides is 1. The lowest BCUT2D eigenvalue weighted by molar-refractivity contribution is 0.100. The molecular formula is C23H25FN6O2. The molecule has 3 heterocycles. The third-order valence-electron chi connectivity index (χ3n) is 5.41. The smallest absolute Gasteiger partial charge is 0.252 e. The molecule has 1 aliphatic rings. The van der Waals surface area contributed by atoms with Crippen molar-refractivity contribution in [2.24, 2.45) is 5.73 Å². The molecule has 0 fully saturated rings. The van der Waals surface area contributed by atoms with Gasteiger partial charge in [0.2, 0.25) is 0 Å². The summed E-state index contributed by atoms with van der Waals surface area (Å²) in [6.07, 6.45) is 4.61. The lowest BCUT2D eigenvalue weighted by atomic mass is 10.0. The Labute approximate surface area is 185 Å². The van der Waals surface area contributed by atoms with Crippen LogP contribution in [0.2, 0.25) is 0 Å². The van der Waals surface area contributed by atoms with Crippen molar-refractivity contribution in [3.05, 3.63) is 66.0 Å². The average Bonchev–Trinajstić information content (AvgIpc) is 3.12. The molecule has 0 spiro atoms. The van der Waals surface area contributed by atoms with E-state index in [2.05, 4.69) is 20.7 Å². The van der Waals surface area contributed by atoms with Gasteiger partial charge in [-0.25, -0.2) is 9.82 Å². The molecule has 1 aliphatic heterocycles. The normalized spacial score (nSPS) is 16.8. The van der Waals surface area contributed by atoms with Gasteiger partial charge < -0.3 is 20.8 Å². The van der Waals surface area contributed by atoms with Crippen LogP contribution in [0.25, 0.3) is 22.0 Å². The Balaban J connectivity index is 1.75. The van der Waals surface area contributed by atoms with Gasteiger partial charge in [0.15, 0.2) is 0 Å². The lowest BCUT2D eigenvalue weighted by Gasteiger charge is -2.25. The zero-order valence-electron chi connectivity index (χ0n) is 18.1. The zero-order chi connectivity index (χ0) is 22.8. The first-order valence-corrected chi connectivity index (χ1v) is 10.2. The number of carbonyl (C=O) groups excluding carboxylic acids is 1. The number of halogens is 1. The minimum Gasteiger partial charge on any atom is -0.379 e. The van der Waals surface area contributed by atoms with Crippen molar-refractivity contribution in [2.75, 3.05) is 19.5 Å². The van der Waals surface area contributed by atoms with Crippen LogP contribution in [-0.2, 0) is 11.3 Å². The Morgan fingerprint density at radius 2 is 2.06 bits per heavy atom. The predicted octanol–water partition coefficient (Wildman–Crippen LogP) is 2.97. The summed E-state index contributed by atoms with van der Waals surface area (Å²) >= 11 is 0. The monoisotopic (exact) mass is 436 g/mol. The van der Waals surface area contributed by atoms with Crippen LogP contribution >= 0.6 is 0 Å². The van der Waals surface area contributed by atoms with Gasteiger partial charge in [0.25, 0.3) is 5.91 Å². The molecule has 4 rings (SSSR count). The van der Waals surface area contributed by atoms with E-state index < -0.39 is 11.9 Å². The number of carbonyl (C=O) groups is 1. The zero-order valence-corrected chi connectivity index (χ0v) is 18.1. The lowest BCUT2D eigenvalue weighted by Crippen LogP contribution is -2.44. The van der Waals surface area contributed by atoms with Gasteiger partial charge in [-0.3, -0.25) is 14.8 Å². The molecule has 1 amide bonds. The molecule has 2 unspecified atom stereocenters. The van der Waals surface area contributed by atoms with Crippen LogP contribution in [-0.4, -0.2) is 47.1 Å². The second-order valence-corrected chi connectivity index (χ2v) is 7.78. The molecular weight excluding hydrogens is 411 g/mol. The van der Waals surface area contributed by atoms with Crippen LogP contribution in [0.4, 0.5) is 10.1 Å². The van der Waals surface area contributed by atoms with E-state index in [1.54, 1.807) is 25.4 Å². The number of ether oxygens (including phenoxy) is 1. The summed E-state index contributed by atoms with van der Waals surface area (Å²) in [7, 11) is 3.35. The quantitative estimate of drug-likeness (QED) is 0.523. The van der Waals surface area contributed by atoms with Crippen molar-refractivity contribution < 1.29 is 13.9 Å². The Bertz CT molecular complexity index is 1180. The Hall–Kier alpha value is -3.56. The first kappa shape index (κ1) is 21.7. The molecule has 166 valence electrons. The molecule has 0 bridgehead atoms. The van der Waals surface area contributed by atoms with E-state index in [1.807, 2.05) is 37.3 Å². The minimum atomic E-state index is -0.613. The molecule has 8 nitrogen and oxygen atoms in total. The second kappa shape index (κ2) is 8.89. The van der Waals surface area contributed by atoms with Gasteiger partial charge in [-0.1, -0.05) is 12.1 Å². The maximum atomic E-state index is 14.3. The number of nitrogens with zero attached hydrogens (tertiary/aromatic N) is 3. The van der Waals surface area contributed by atoms with Gasteiger partial charge in [0.05, 0.1) is 35.1 Å². The number of methoxy groups -OCH3 is 1. The molecule has 4 N–H and O–H groups in total. The predicted molar refractivity (Wildman–Crippen MR) is 121 cm³/mol. The number of nitrogens with one attached hydrogen (secondary N) is 2. The van der Waals surface area contributed by atoms with Gasteiger partial charge in [-0.15, -0.1) is 0 Å². The largest absolute Gasteiger partial charge is 0.379 e. The number of nitrogens with two attached hydrogens (primary N) is 1. The highest BCUT2D eigenvalue weighted by Crippen LogP contribution is 2.32. The third kappa shape index (κ3) is 4.25. The standard InChI is InChI=1S/C23H25FN6O2/c1-13(21-19(24)11-30(2)29-21)28-22-17-8-14(15-4-6-16(12-32-3)26-9-15)5-7-20(17)27-10-18(22)23(25)31/h4-11,13,21,29H,12H2,1-3H3,(H2,25,31)(H,27,28). The highest BCUT2D eigenvalue weighted by Gasteiger charge is 2.29. The van der Waals surface area contributed by atoms with E-state index in [0.29, 0.717) is 23.2 Å². The fraction of sp³-hybridized carbons (Fsp3) is 0.261. The van der Waals surface area contributed by atoms with Gasteiger partial charge in [0, 0.05) is 49.7 Å². The number of rotatable bonds is 7. The molecule has 1 aromatic carbocycles. The summed E-state index contributed by atoms with van der Waals surface area (Å²) in [5, 5.41) is 5.57. The number of primary amides is 1. The summed E-state index contributed by atoms with van der Waals surface area (Å²) in [5.41, 5.74) is 12.7. The van der Waals surface area contributed by atoms with Gasteiger partial charge >= 0.3 is 0 Å². The Kier molecular flexibility index (Phi) is 6.02. The molecule has 0 radical (unpaired) electrons. The van der Waals surface area contributed by atoms with E-state index in [4.69, 9.17) is 10.5 Å². The van der Waals surface area contributed by atoms with Crippen molar-refractivity contribution in [1.29, 1.82) is 0 Å². The van der Waals surface area contributed by atoms with E-state index in [9.17, 15) is 9.18 Å². The summed E-state index contributed by atoms with van der Waals surface area (Å²) in [4.78, 5) is 21.0. The van der Waals surface area contributed by atoms with Crippen molar-refractivity contribution >= 4 is 22.5 Å². The first-order valence-electron chi connectivity index (χ1n) is 10.2. The summed E-state index contributed by atoms with van der Waals surface area (Å²) < 4.78 is 19.4. The van der Waals surface area contributed by atoms with Gasteiger partial charge in [0.1, 0.15) is 5.83 Å². The number of benzene rings is 1. The van der Waals surface area contributed by atoms with E-state index in [0.717, 1.165) is 16.8 Å². The first-order chi connectivity index (χ1) is 15.4. The molecule has 2 aromatic heterocycles. The minimum absolute atomic E-state index is 0.241. The highest BCUT2D eigenvalue weighted by atomic mass is 19.1. The van der Waals surface area contributed by atoms with Crippen LogP contribution in [0.15, 0.2) is 54.8 Å². The summed E-state index contributed by atoms with van der Waals surface area (Å²) in [5.74, 6) is -0.910. The number of hydrazine groups is 1. The van der Waals surface area contributed by atoms with Crippen LogP contribution < -0.4 is 16.5 Å². The number of anilines is 1. The molecule has 2 atom stereocenters. The Morgan fingerprint density at radius 1 is 1.28 bits per heavy atom. The molecule has 9 heteroatoms. The topological polar surface area (TPSA) is 105 Å². The van der Waals surface area contributed by atoms with Crippen LogP contribution in [0, 0.1) is 0 Å². The van der Waals surface area contributed by atoms with E-state index >= 15 is 0 Å². The fourth-order valence-corrected chi connectivity index (χ4v) is 3.79. The van der Waals surface area contributed by atoms with Gasteiger partial charge in [-0.2, -0.15) is 0 Å². The van der Waals surface area contributed by atoms with Crippen molar-refractivity contribution in [2.45, 2.75) is 25.6 Å². The molecule has 32 heavy (non-hydrogen) atoms. The SMILES string of the molecule is COCc1ccc(-c2ccc3ncc(C(N)=O)c(NC(C)C4NN(C)C=C4F)c3c2)cn1. The number of aromatic nitrogens is 2. The van der Waals surface area contributed by atoms with Crippen LogP contribution in [0.1, 0.15) is 23.0 Å². The average molecular weight is 436 g/mol. The maximum absolute atomic E-state index is 14.3. The maximum Gasteiger partial charge on any atom is 0.252 e. The molecule has 0 aliphatic carbocycles. The van der Waals surface area contributed by atoms with E-state index in [1.165, 1.54) is 12.4 Å².